The van der Waals surface area contributed by atoms with Gasteiger partial charge in [-0.1, -0.05) is 23.7 Å². The number of esters is 1. The van der Waals surface area contributed by atoms with Crippen LogP contribution in [-0.4, -0.2) is 38.2 Å². The number of carbonyl (C=O) groups is 3. The predicted octanol–water partition coefficient (Wildman–Crippen LogP) is 3.39. The van der Waals surface area contributed by atoms with Gasteiger partial charge in [0.15, 0.2) is 18.1 Å². The first-order valence-electron chi connectivity index (χ1n) is 9.02. The van der Waals surface area contributed by atoms with Crippen LogP contribution in [0.2, 0.25) is 5.02 Å². The number of ether oxygens (including phenoxy) is 3. The normalized spacial score (nSPS) is 14.6. The number of methoxy groups -OCH3 is 1. The molecule has 0 bridgehead atoms. The van der Waals surface area contributed by atoms with Gasteiger partial charge >= 0.3 is 12.0 Å². The van der Waals surface area contributed by atoms with E-state index >= 15 is 0 Å². The number of carbonyl (C=O) groups excluding carboxylic acids is 3. The van der Waals surface area contributed by atoms with Crippen molar-refractivity contribution in [1.82, 2.24) is 5.32 Å². The zero-order chi connectivity index (χ0) is 21.7. The first kappa shape index (κ1) is 21.2. The highest BCUT2D eigenvalue weighted by Crippen LogP contribution is 2.30. The summed E-state index contributed by atoms with van der Waals surface area (Å²) in [6.07, 6.45) is 1.53. The van der Waals surface area contributed by atoms with Crippen molar-refractivity contribution >= 4 is 41.3 Å². The third-order valence-corrected chi connectivity index (χ3v) is 4.33. The molecule has 1 aliphatic rings. The molecule has 0 aliphatic carbocycles. The summed E-state index contributed by atoms with van der Waals surface area (Å²) in [5.74, 6) is -0.291. The Morgan fingerprint density at radius 1 is 1.13 bits per heavy atom. The first-order chi connectivity index (χ1) is 14.4. The molecule has 0 radical (unpaired) electrons. The van der Waals surface area contributed by atoms with Crippen LogP contribution in [0.5, 0.6) is 11.5 Å². The van der Waals surface area contributed by atoms with Crippen molar-refractivity contribution in [3.8, 4) is 11.5 Å². The Morgan fingerprint density at radius 2 is 1.93 bits per heavy atom. The van der Waals surface area contributed by atoms with Crippen molar-refractivity contribution in [1.29, 1.82) is 0 Å². The van der Waals surface area contributed by atoms with Crippen LogP contribution in [0.1, 0.15) is 12.5 Å². The second-order valence-corrected chi connectivity index (χ2v) is 6.55. The van der Waals surface area contributed by atoms with Gasteiger partial charge in [0.05, 0.1) is 19.4 Å². The number of urea groups is 1. The monoisotopic (exact) mass is 430 g/mol. The molecular weight excluding hydrogens is 412 g/mol. The molecule has 1 saturated heterocycles. The van der Waals surface area contributed by atoms with Gasteiger partial charge in [0.1, 0.15) is 5.70 Å². The third-order valence-electron chi connectivity index (χ3n) is 4.10. The lowest BCUT2D eigenvalue weighted by Crippen LogP contribution is -2.30. The summed E-state index contributed by atoms with van der Waals surface area (Å²) < 4.78 is 15.5. The highest BCUT2D eigenvalue weighted by Gasteiger charge is 2.35. The van der Waals surface area contributed by atoms with Gasteiger partial charge in [0, 0.05) is 5.02 Å². The van der Waals surface area contributed by atoms with Crippen LogP contribution in [0.15, 0.2) is 48.2 Å². The van der Waals surface area contributed by atoms with E-state index in [1.165, 1.54) is 19.3 Å². The molecule has 0 unspecified atom stereocenters. The smallest absolute Gasteiger partial charge is 0.343 e. The van der Waals surface area contributed by atoms with Crippen LogP contribution in [0, 0.1) is 0 Å². The molecule has 156 valence electrons. The number of anilines is 1. The highest BCUT2D eigenvalue weighted by atomic mass is 35.5. The Bertz CT molecular complexity index is 1020. The molecule has 9 heteroatoms. The Kier molecular flexibility index (Phi) is 6.58. The van der Waals surface area contributed by atoms with Crippen molar-refractivity contribution in [2.45, 2.75) is 6.92 Å². The summed E-state index contributed by atoms with van der Waals surface area (Å²) in [4.78, 5) is 37.4. The van der Waals surface area contributed by atoms with Crippen molar-refractivity contribution in [3.05, 3.63) is 58.7 Å². The number of imide groups is 1. The number of hydrogen-bond donors (Lipinski definition) is 1. The molecular formula is C21H19ClN2O6. The van der Waals surface area contributed by atoms with Crippen LogP contribution in [0.25, 0.3) is 6.08 Å². The molecule has 0 atom stereocenters. The Hall–Kier alpha value is -3.52. The van der Waals surface area contributed by atoms with Crippen LogP contribution < -0.4 is 19.7 Å². The average Bonchev–Trinajstić information content (AvgIpc) is 3.00. The molecule has 2 aromatic rings. The summed E-state index contributed by atoms with van der Waals surface area (Å²) in [6.45, 7) is 1.91. The standard InChI is InChI=1S/C21H19ClN2O6/c1-3-29-18-10-13(7-8-17(18)30-12-19(25)28-2)9-16-20(26)24(21(27)23-16)15-6-4-5-14(22)11-15/h4-11H,3,12H2,1-2H3,(H,23,27)/b16-9+. The number of hydrogen-bond acceptors (Lipinski definition) is 6. The zero-order valence-corrected chi connectivity index (χ0v) is 17.1. The lowest BCUT2D eigenvalue weighted by atomic mass is 10.1. The highest BCUT2D eigenvalue weighted by molar-refractivity contribution is 6.32. The quantitative estimate of drug-likeness (QED) is 0.411. The number of halogens is 1. The summed E-state index contributed by atoms with van der Waals surface area (Å²) in [5.41, 5.74) is 1.07. The molecule has 1 heterocycles. The van der Waals surface area contributed by atoms with E-state index in [2.05, 4.69) is 10.1 Å². The molecule has 30 heavy (non-hydrogen) atoms. The van der Waals surface area contributed by atoms with Gasteiger partial charge in [-0.3, -0.25) is 4.79 Å². The van der Waals surface area contributed by atoms with Crippen molar-refractivity contribution < 1.29 is 28.6 Å². The minimum absolute atomic E-state index is 0.102. The Balaban J connectivity index is 1.85. The van der Waals surface area contributed by atoms with Gasteiger partial charge in [-0.15, -0.1) is 0 Å². The Labute approximate surface area is 178 Å². The largest absolute Gasteiger partial charge is 0.490 e. The molecule has 8 nitrogen and oxygen atoms in total. The van der Waals surface area contributed by atoms with Gasteiger partial charge in [0.25, 0.3) is 5.91 Å². The molecule has 0 aromatic heterocycles. The summed E-state index contributed by atoms with van der Waals surface area (Å²) in [7, 11) is 1.27. The van der Waals surface area contributed by atoms with Crippen molar-refractivity contribution in [3.63, 3.8) is 0 Å². The summed E-state index contributed by atoms with van der Waals surface area (Å²) in [6, 6.07) is 10.8. The fraction of sp³-hybridized carbons (Fsp3) is 0.190. The molecule has 1 aliphatic heterocycles. The number of amides is 3. The van der Waals surface area contributed by atoms with Gasteiger partial charge in [-0.05, 0) is 48.9 Å². The lowest BCUT2D eigenvalue weighted by molar-refractivity contribution is -0.142. The van der Waals surface area contributed by atoms with Crippen molar-refractivity contribution in [2.75, 3.05) is 25.2 Å². The molecule has 3 amide bonds. The predicted molar refractivity (Wildman–Crippen MR) is 111 cm³/mol. The second kappa shape index (κ2) is 9.32. The maximum atomic E-state index is 12.7. The maximum Gasteiger partial charge on any atom is 0.343 e. The number of rotatable bonds is 7. The zero-order valence-electron chi connectivity index (χ0n) is 16.3. The van der Waals surface area contributed by atoms with Crippen LogP contribution in [0.3, 0.4) is 0 Å². The number of benzene rings is 2. The minimum Gasteiger partial charge on any atom is -0.490 e. The summed E-state index contributed by atoms with van der Waals surface area (Å²) in [5, 5.41) is 2.97. The molecule has 0 spiro atoms. The van der Waals surface area contributed by atoms with E-state index in [0.29, 0.717) is 34.4 Å². The van der Waals surface area contributed by atoms with Gasteiger partial charge in [-0.25, -0.2) is 14.5 Å². The van der Waals surface area contributed by atoms with Crippen molar-refractivity contribution in [2.24, 2.45) is 0 Å². The minimum atomic E-state index is -0.573. The molecule has 3 rings (SSSR count). The van der Waals surface area contributed by atoms with Crippen LogP contribution in [-0.2, 0) is 14.3 Å². The number of nitrogens with one attached hydrogen (secondary N) is 1. The molecule has 1 fully saturated rings. The molecule has 0 saturated carbocycles. The van der Waals surface area contributed by atoms with E-state index in [-0.39, 0.29) is 12.3 Å². The molecule has 1 N–H and O–H groups in total. The van der Waals surface area contributed by atoms with E-state index in [4.69, 9.17) is 21.1 Å². The third kappa shape index (κ3) is 4.72. The maximum absolute atomic E-state index is 12.7. The van der Waals surface area contributed by atoms with Crippen LogP contribution in [0.4, 0.5) is 10.5 Å². The van der Waals surface area contributed by atoms with Gasteiger partial charge in [-0.2, -0.15) is 0 Å². The summed E-state index contributed by atoms with van der Waals surface area (Å²) >= 11 is 5.96. The van der Waals surface area contributed by atoms with E-state index in [1.807, 2.05) is 0 Å². The van der Waals surface area contributed by atoms with Gasteiger partial charge in [0.2, 0.25) is 0 Å². The average molecular weight is 431 g/mol. The van der Waals surface area contributed by atoms with Gasteiger partial charge < -0.3 is 19.5 Å². The van der Waals surface area contributed by atoms with Crippen LogP contribution >= 0.6 is 11.6 Å². The number of nitrogens with zero attached hydrogens (tertiary/aromatic N) is 1. The van der Waals surface area contributed by atoms with E-state index in [0.717, 1.165) is 4.90 Å². The van der Waals surface area contributed by atoms with E-state index in [1.54, 1.807) is 43.3 Å². The molecule has 2 aromatic carbocycles. The topological polar surface area (TPSA) is 94.2 Å². The lowest BCUT2D eigenvalue weighted by Gasteiger charge is -2.12. The SMILES string of the molecule is CCOc1cc(/C=C2/NC(=O)N(c3cccc(Cl)c3)C2=O)ccc1OCC(=O)OC. The second-order valence-electron chi connectivity index (χ2n) is 6.11. The van der Waals surface area contributed by atoms with E-state index in [9.17, 15) is 14.4 Å². The first-order valence-corrected chi connectivity index (χ1v) is 9.40. The Morgan fingerprint density at radius 3 is 2.63 bits per heavy atom. The van der Waals surface area contributed by atoms with E-state index < -0.39 is 17.9 Å². The fourth-order valence-electron chi connectivity index (χ4n) is 2.75. The fourth-order valence-corrected chi connectivity index (χ4v) is 2.93.